The summed E-state index contributed by atoms with van der Waals surface area (Å²) in [5.74, 6) is 0.840. The van der Waals surface area contributed by atoms with Crippen molar-refractivity contribution in [2.24, 2.45) is 5.92 Å². The largest absolute Gasteiger partial charge is 0.508 e. The van der Waals surface area contributed by atoms with Crippen molar-refractivity contribution in [3.05, 3.63) is 78.4 Å². The van der Waals surface area contributed by atoms with Crippen LogP contribution in [-0.2, 0) is 5.41 Å². The molecule has 3 atom stereocenters. The van der Waals surface area contributed by atoms with E-state index in [-0.39, 0.29) is 17.4 Å². The number of benzene rings is 2. The Morgan fingerprint density at radius 3 is 2.79 bits per heavy atom. The highest BCUT2D eigenvalue weighted by atomic mass is 16.3. The van der Waals surface area contributed by atoms with Gasteiger partial charge >= 0.3 is 0 Å². The topological polar surface area (TPSA) is 52.6 Å². The van der Waals surface area contributed by atoms with Crippen LogP contribution in [0.3, 0.4) is 0 Å². The van der Waals surface area contributed by atoms with Crippen LogP contribution in [0.5, 0.6) is 5.75 Å². The molecule has 1 aliphatic heterocycles. The van der Waals surface area contributed by atoms with Crippen LogP contribution in [0.15, 0.2) is 67.3 Å². The van der Waals surface area contributed by atoms with Crippen molar-refractivity contribution in [2.75, 3.05) is 19.6 Å². The number of likely N-dealkylation sites (tertiary alicyclic amines) is 1. The van der Waals surface area contributed by atoms with E-state index in [2.05, 4.69) is 22.9 Å². The molecule has 29 heavy (non-hydrogen) atoms. The van der Waals surface area contributed by atoms with Crippen molar-refractivity contribution in [3.8, 4) is 5.75 Å². The van der Waals surface area contributed by atoms with Gasteiger partial charge in [0.15, 0.2) is 0 Å². The smallest absolute Gasteiger partial charge is 0.251 e. The molecule has 2 N–H and O–H groups in total. The summed E-state index contributed by atoms with van der Waals surface area (Å²) < 4.78 is 0. The van der Waals surface area contributed by atoms with Crippen molar-refractivity contribution in [1.82, 2.24) is 10.2 Å². The third kappa shape index (κ3) is 4.08. The molecule has 4 nitrogen and oxygen atoms in total. The summed E-state index contributed by atoms with van der Waals surface area (Å²) in [6.45, 7) is 6.87. The number of phenolic OH excluding ortho intramolecular Hbond substituents is 1. The first-order chi connectivity index (χ1) is 14.1. The second kappa shape index (κ2) is 8.42. The summed E-state index contributed by atoms with van der Waals surface area (Å²) in [5.41, 5.74) is 1.91. The number of carbonyl (C=O) groups excluding carboxylic acids is 1. The second-order valence-electron chi connectivity index (χ2n) is 8.52. The number of nitrogens with zero attached hydrogens (tertiary/aromatic N) is 1. The monoisotopic (exact) mass is 390 g/mol. The molecule has 1 aliphatic carbocycles. The Labute approximate surface area is 173 Å². The number of hydrogen-bond donors (Lipinski definition) is 2. The van der Waals surface area contributed by atoms with Gasteiger partial charge in [0.25, 0.3) is 5.91 Å². The van der Waals surface area contributed by atoms with E-state index >= 15 is 0 Å². The van der Waals surface area contributed by atoms with Crippen molar-refractivity contribution in [2.45, 2.75) is 37.1 Å². The van der Waals surface area contributed by atoms with Gasteiger partial charge < -0.3 is 10.4 Å². The fourth-order valence-electron chi connectivity index (χ4n) is 5.36. The van der Waals surface area contributed by atoms with E-state index in [9.17, 15) is 9.90 Å². The van der Waals surface area contributed by atoms with Gasteiger partial charge in [0, 0.05) is 30.1 Å². The predicted octanol–water partition coefficient (Wildman–Crippen LogP) is 4.12. The van der Waals surface area contributed by atoms with Crippen LogP contribution in [0.25, 0.3) is 0 Å². The van der Waals surface area contributed by atoms with E-state index in [1.807, 2.05) is 48.5 Å². The molecule has 0 aromatic heterocycles. The zero-order valence-corrected chi connectivity index (χ0v) is 16.9. The Morgan fingerprint density at radius 2 is 2.03 bits per heavy atom. The molecule has 1 amide bonds. The van der Waals surface area contributed by atoms with Gasteiger partial charge in [-0.3, -0.25) is 9.69 Å². The lowest BCUT2D eigenvalue weighted by atomic mass is 9.58. The van der Waals surface area contributed by atoms with Crippen LogP contribution in [0.1, 0.15) is 41.6 Å². The number of phenols is 1. The minimum atomic E-state index is -0.0106. The number of nitrogens with one attached hydrogen (secondary N) is 1. The minimum absolute atomic E-state index is 0.00389. The summed E-state index contributed by atoms with van der Waals surface area (Å²) in [7, 11) is 0. The number of hydrogen-bond acceptors (Lipinski definition) is 3. The Morgan fingerprint density at radius 1 is 1.21 bits per heavy atom. The first-order valence-electron chi connectivity index (χ1n) is 10.6. The van der Waals surface area contributed by atoms with Crippen LogP contribution in [0.4, 0.5) is 0 Å². The molecular weight excluding hydrogens is 360 g/mol. The molecule has 2 fully saturated rings. The highest BCUT2D eigenvalue weighted by molar-refractivity contribution is 5.94. The van der Waals surface area contributed by atoms with Gasteiger partial charge in [0.2, 0.25) is 0 Å². The highest BCUT2D eigenvalue weighted by Gasteiger charge is 2.48. The quantitative estimate of drug-likeness (QED) is 0.755. The van der Waals surface area contributed by atoms with Gasteiger partial charge in [-0.25, -0.2) is 0 Å². The normalized spacial score (nSPS) is 27.0. The lowest BCUT2D eigenvalue weighted by Crippen LogP contribution is -2.56. The minimum Gasteiger partial charge on any atom is -0.508 e. The van der Waals surface area contributed by atoms with Gasteiger partial charge in [0.1, 0.15) is 5.75 Å². The summed E-state index contributed by atoms with van der Waals surface area (Å²) in [5, 5.41) is 13.4. The average Bonchev–Trinajstić information content (AvgIpc) is 2.74. The predicted molar refractivity (Wildman–Crippen MR) is 116 cm³/mol. The Bertz CT molecular complexity index is 866. The van der Waals surface area contributed by atoms with Crippen molar-refractivity contribution in [1.29, 1.82) is 0 Å². The average molecular weight is 391 g/mol. The second-order valence-corrected chi connectivity index (χ2v) is 8.52. The zero-order chi connectivity index (χ0) is 20.3. The van der Waals surface area contributed by atoms with E-state index in [1.165, 1.54) is 5.56 Å². The highest BCUT2D eigenvalue weighted by Crippen LogP contribution is 2.49. The van der Waals surface area contributed by atoms with Crippen LogP contribution in [-0.4, -0.2) is 41.6 Å². The maximum absolute atomic E-state index is 12.7. The van der Waals surface area contributed by atoms with Crippen molar-refractivity contribution < 1.29 is 9.90 Å². The molecule has 1 saturated heterocycles. The van der Waals surface area contributed by atoms with E-state index < -0.39 is 0 Å². The first kappa shape index (κ1) is 19.7. The maximum atomic E-state index is 12.7. The number of amides is 1. The molecule has 2 aromatic carbocycles. The third-order valence-corrected chi connectivity index (χ3v) is 6.79. The van der Waals surface area contributed by atoms with Crippen molar-refractivity contribution >= 4 is 5.91 Å². The molecule has 2 aliphatic rings. The van der Waals surface area contributed by atoms with E-state index in [4.69, 9.17) is 0 Å². The Balaban J connectivity index is 1.58. The van der Waals surface area contributed by atoms with E-state index in [0.717, 1.165) is 45.3 Å². The molecule has 4 rings (SSSR count). The molecule has 152 valence electrons. The lowest BCUT2D eigenvalue weighted by Gasteiger charge is -2.53. The number of fused-ring (bicyclic) bond motifs is 1. The molecule has 4 heteroatoms. The molecule has 0 unspecified atom stereocenters. The molecule has 0 spiro atoms. The number of piperidine rings is 1. The summed E-state index contributed by atoms with van der Waals surface area (Å²) in [6.07, 6.45) is 6.00. The zero-order valence-electron chi connectivity index (χ0n) is 16.9. The fraction of sp³-hybridized carbons (Fsp3) is 0.400. The number of rotatable bonds is 5. The van der Waals surface area contributed by atoms with E-state index in [1.54, 1.807) is 6.07 Å². The van der Waals surface area contributed by atoms with Gasteiger partial charge in [0.05, 0.1) is 0 Å². The number of aromatic hydroxyl groups is 1. The molecule has 2 aromatic rings. The fourth-order valence-corrected chi connectivity index (χ4v) is 5.36. The maximum Gasteiger partial charge on any atom is 0.251 e. The molecule has 0 radical (unpaired) electrons. The van der Waals surface area contributed by atoms with Crippen LogP contribution < -0.4 is 5.32 Å². The van der Waals surface area contributed by atoms with Crippen LogP contribution in [0.2, 0.25) is 0 Å². The lowest BCUT2D eigenvalue weighted by molar-refractivity contribution is 0.0473. The van der Waals surface area contributed by atoms with E-state index in [0.29, 0.717) is 17.2 Å². The van der Waals surface area contributed by atoms with Gasteiger partial charge in [-0.2, -0.15) is 0 Å². The first-order valence-corrected chi connectivity index (χ1v) is 10.6. The summed E-state index contributed by atoms with van der Waals surface area (Å²) in [4.78, 5) is 15.2. The number of carbonyl (C=O) groups is 1. The molecule has 0 bridgehead atoms. The van der Waals surface area contributed by atoms with Crippen LogP contribution >= 0.6 is 0 Å². The molecule has 1 heterocycles. The summed E-state index contributed by atoms with van der Waals surface area (Å²) >= 11 is 0. The Kier molecular flexibility index (Phi) is 5.72. The van der Waals surface area contributed by atoms with Gasteiger partial charge in [-0.05, 0) is 68.0 Å². The van der Waals surface area contributed by atoms with Gasteiger partial charge in [-0.1, -0.05) is 36.4 Å². The van der Waals surface area contributed by atoms with Crippen LogP contribution in [0, 0.1) is 5.92 Å². The molecule has 1 saturated carbocycles. The molecular formula is C25H30N2O2. The standard InChI is InChI=1S/C25H30N2O2/c1-2-14-27-15-13-25(20-9-6-10-23(28)16-20)17-22(12-11-21(25)18-27)26-24(29)19-7-4-3-5-8-19/h2-10,16,21-22,28H,1,11-15,17-18H2,(H,26,29)/t21-,22-,25+/m1/s1. The summed E-state index contributed by atoms with van der Waals surface area (Å²) in [6, 6.07) is 17.3. The van der Waals surface area contributed by atoms with Crippen molar-refractivity contribution in [3.63, 3.8) is 0 Å². The Hall–Kier alpha value is -2.59. The third-order valence-electron chi connectivity index (χ3n) is 6.79. The van der Waals surface area contributed by atoms with Gasteiger partial charge in [-0.15, -0.1) is 6.58 Å². The SMILES string of the molecule is C=CCN1CC[C@@]2(c3cccc(O)c3)C[C@H](NC(=O)c3ccccc3)CC[C@@H]2C1.